The van der Waals surface area contributed by atoms with E-state index in [9.17, 15) is 9.59 Å². The van der Waals surface area contributed by atoms with Crippen LogP contribution in [0.5, 0.6) is 0 Å². The summed E-state index contributed by atoms with van der Waals surface area (Å²) in [5.41, 5.74) is 0. The van der Waals surface area contributed by atoms with Crippen molar-refractivity contribution in [1.82, 2.24) is 0 Å². The van der Waals surface area contributed by atoms with E-state index in [1.54, 1.807) is 0 Å². The minimum Gasteiger partial charge on any atom is -0.435 e. The maximum Gasteiger partial charge on any atom is 0.310 e. The summed E-state index contributed by atoms with van der Waals surface area (Å²) in [4.78, 5) is 22.3. The van der Waals surface area contributed by atoms with Crippen molar-refractivity contribution in [2.24, 2.45) is 11.8 Å². The summed E-state index contributed by atoms with van der Waals surface area (Å²) in [6, 6.07) is 0. The van der Waals surface area contributed by atoms with Crippen LogP contribution >= 0.6 is 0 Å². The maximum absolute atomic E-state index is 11.1. The molecule has 0 bridgehead atoms. The molecule has 4 nitrogen and oxygen atoms in total. The Balaban J connectivity index is 4.02. The summed E-state index contributed by atoms with van der Waals surface area (Å²) in [7, 11) is 0. The molecule has 4 heteroatoms. The van der Waals surface area contributed by atoms with Gasteiger partial charge < -0.3 is 9.47 Å². The lowest BCUT2D eigenvalue weighted by Gasteiger charge is -2.17. The first-order valence-corrected chi connectivity index (χ1v) is 5.12. The van der Waals surface area contributed by atoms with Gasteiger partial charge in [-0.15, -0.1) is 0 Å². The molecule has 0 aliphatic rings. The lowest BCUT2D eigenvalue weighted by atomic mass is 9.90. The molecule has 0 saturated heterocycles. The Morgan fingerprint density at radius 1 is 1.00 bits per heavy atom. The predicted octanol–water partition coefficient (Wildman–Crippen LogP) is 2.41. The van der Waals surface area contributed by atoms with Crippen molar-refractivity contribution < 1.29 is 19.1 Å². The molecule has 16 heavy (non-hydrogen) atoms. The summed E-state index contributed by atoms with van der Waals surface area (Å²) in [5, 5.41) is 0. The molecule has 0 radical (unpaired) electrons. The summed E-state index contributed by atoms with van der Waals surface area (Å²) in [6.45, 7) is 10.4. The minimum atomic E-state index is -0.341. The number of carbonyl (C=O) groups excluding carboxylic acids is 2. The second-order valence-electron chi connectivity index (χ2n) is 3.68. The Morgan fingerprint density at radius 3 is 1.56 bits per heavy atom. The maximum atomic E-state index is 11.1. The zero-order chi connectivity index (χ0) is 12.6. The van der Waals surface area contributed by atoms with Crippen molar-refractivity contribution in [3.05, 3.63) is 25.7 Å². The van der Waals surface area contributed by atoms with Crippen LogP contribution in [0, 0.1) is 11.8 Å². The second kappa shape index (κ2) is 7.68. The van der Waals surface area contributed by atoms with E-state index in [0.29, 0.717) is 0 Å². The normalized spacial score (nSPS) is 13.4. The van der Waals surface area contributed by atoms with Crippen molar-refractivity contribution in [1.29, 1.82) is 0 Å². The molecule has 0 aromatic carbocycles. The molecule has 0 saturated carbocycles. The summed E-state index contributed by atoms with van der Waals surface area (Å²) >= 11 is 0. The number of carbonyl (C=O) groups is 2. The fraction of sp³-hybridized carbons (Fsp3) is 0.500. The lowest BCUT2D eigenvalue weighted by molar-refractivity contribution is -0.142. The van der Waals surface area contributed by atoms with Gasteiger partial charge in [0, 0.05) is 12.8 Å². The van der Waals surface area contributed by atoms with Gasteiger partial charge in [-0.2, -0.15) is 0 Å². The summed E-state index contributed by atoms with van der Waals surface area (Å²) in [6.07, 6.45) is 2.72. The van der Waals surface area contributed by atoms with E-state index in [0.717, 1.165) is 12.5 Å². The van der Waals surface area contributed by atoms with Crippen molar-refractivity contribution in [2.45, 2.75) is 26.7 Å². The fourth-order valence-electron chi connectivity index (χ4n) is 1.21. The number of rotatable bonds is 7. The highest BCUT2D eigenvalue weighted by molar-refractivity contribution is 5.71. The van der Waals surface area contributed by atoms with Gasteiger partial charge in [0.25, 0.3) is 0 Å². The van der Waals surface area contributed by atoms with E-state index >= 15 is 0 Å². The Kier molecular flexibility index (Phi) is 6.92. The van der Waals surface area contributed by atoms with Gasteiger partial charge in [-0.05, 0) is 11.8 Å². The zero-order valence-electron chi connectivity index (χ0n) is 9.77. The average molecular weight is 226 g/mol. The molecule has 0 fully saturated rings. The van der Waals surface area contributed by atoms with E-state index in [1.807, 2.05) is 13.8 Å². The molecule has 0 aliphatic carbocycles. The van der Waals surface area contributed by atoms with E-state index in [-0.39, 0.29) is 36.6 Å². The van der Waals surface area contributed by atoms with Gasteiger partial charge in [0.1, 0.15) is 0 Å². The van der Waals surface area contributed by atoms with Gasteiger partial charge in [0.05, 0.1) is 12.5 Å². The number of ether oxygens (including phenoxy) is 2. The van der Waals surface area contributed by atoms with Gasteiger partial charge >= 0.3 is 11.9 Å². The van der Waals surface area contributed by atoms with Gasteiger partial charge in [0.15, 0.2) is 0 Å². The van der Waals surface area contributed by atoms with E-state index < -0.39 is 0 Å². The molecule has 0 N–H and O–H groups in total. The molecule has 0 aromatic rings. The van der Waals surface area contributed by atoms with Crippen LogP contribution in [0.25, 0.3) is 0 Å². The summed E-state index contributed by atoms with van der Waals surface area (Å²) < 4.78 is 9.22. The van der Waals surface area contributed by atoms with Gasteiger partial charge in [0.2, 0.25) is 0 Å². The third kappa shape index (κ3) is 6.01. The third-order valence-electron chi connectivity index (χ3n) is 2.38. The molecule has 90 valence electrons. The Hall–Kier alpha value is -1.58. The van der Waals surface area contributed by atoms with Gasteiger partial charge in [-0.25, -0.2) is 0 Å². The molecule has 2 atom stereocenters. The van der Waals surface area contributed by atoms with Crippen molar-refractivity contribution in [3.63, 3.8) is 0 Å². The quantitative estimate of drug-likeness (QED) is 0.494. The highest BCUT2D eigenvalue weighted by Crippen LogP contribution is 2.19. The van der Waals surface area contributed by atoms with Crippen LogP contribution < -0.4 is 0 Å². The molecule has 0 aromatic heterocycles. The van der Waals surface area contributed by atoms with E-state index in [1.165, 1.54) is 0 Å². The van der Waals surface area contributed by atoms with Crippen LogP contribution in [0.2, 0.25) is 0 Å². The highest BCUT2D eigenvalue weighted by Gasteiger charge is 2.19. The SMILES string of the molecule is C=COC(=O)CC(C)C(C)CC(=O)OC=C. The van der Waals surface area contributed by atoms with Gasteiger partial charge in [-0.1, -0.05) is 27.0 Å². The first-order chi connectivity index (χ1) is 7.51. The van der Waals surface area contributed by atoms with Crippen LogP contribution in [0.15, 0.2) is 25.7 Å². The number of hydrogen-bond donors (Lipinski definition) is 0. The van der Waals surface area contributed by atoms with Crippen molar-refractivity contribution >= 4 is 11.9 Å². The Bertz CT molecular complexity index is 242. The van der Waals surface area contributed by atoms with Crippen LogP contribution in [0.4, 0.5) is 0 Å². The summed E-state index contributed by atoms with van der Waals surface area (Å²) in [5.74, 6) is -0.590. The first-order valence-electron chi connectivity index (χ1n) is 5.12. The molecule has 0 rings (SSSR count). The van der Waals surface area contributed by atoms with Crippen LogP contribution in [0.1, 0.15) is 26.7 Å². The molecule has 0 heterocycles. The first kappa shape index (κ1) is 14.4. The smallest absolute Gasteiger partial charge is 0.310 e. The molecular weight excluding hydrogens is 208 g/mol. The Labute approximate surface area is 95.9 Å². The van der Waals surface area contributed by atoms with Crippen molar-refractivity contribution in [2.75, 3.05) is 0 Å². The number of hydrogen-bond acceptors (Lipinski definition) is 4. The van der Waals surface area contributed by atoms with Crippen molar-refractivity contribution in [3.8, 4) is 0 Å². The number of esters is 2. The standard InChI is InChI=1S/C12H18O4/c1-5-15-11(13)7-9(3)10(4)8-12(14)16-6-2/h5-6,9-10H,1-2,7-8H2,3-4H3. The molecule has 0 spiro atoms. The second-order valence-corrected chi connectivity index (χ2v) is 3.68. The fourth-order valence-corrected chi connectivity index (χ4v) is 1.21. The van der Waals surface area contributed by atoms with E-state index in [4.69, 9.17) is 0 Å². The highest BCUT2D eigenvalue weighted by atomic mass is 16.5. The third-order valence-corrected chi connectivity index (χ3v) is 2.38. The Morgan fingerprint density at radius 2 is 1.31 bits per heavy atom. The molecule has 0 aliphatic heterocycles. The lowest BCUT2D eigenvalue weighted by Crippen LogP contribution is -2.17. The largest absolute Gasteiger partial charge is 0.435 e. The zero-order valence-corrected chi connectivity index (χ0v) is 9.77. The molecular formula is C12H18O4. The molecule has 0 amide bonds. The predicted molar refractivity (Wildman–Crippen MR) is 60.1 cm³/mol. The monoisotopic (exact) mass is 226 g/mol. The van der Waals surface area contributed by atoms with Crippen LogP contribution in [-0.4, -0.2) is 11.9 Å². The van der Waals surface area contributed by atoms with E-state index in [2.05, 4.69) is 22.6 Å². The van der Waals surface area contributed by atoms with Crippen LogP contribution in [-0.2, 0) is 19.1 Å². The minimum absolute atomic E-state index is 0.0461. The molecule has 2 unspecified atom stereocenters. The van der Waals surface area contributed by atoms with Gasteiger partial charge in [-0.3, -0.25) is 9.59 Å². The topological polar surface area (TPSA) is 52.6 Å². The average Bonchev–Trinajstić information content (AvgIpc) is 2.17. The van der Waals surface area contributed by atoms with Crippen LogP contribution in [0.3, 0.4) is 0 Å².